The van der Waals surface area contributed by atoms with Crippen LogP contribution in [-0.2, 0) is 0 Å². The first-order chi connectivity index (χ1) is 7.77. The topological polar surface area (TPSA) is 12.0 Å². The first-order valence-corrected chi connectivity index (χ1v) is 6.58. The third kappa shape index (κ3) is 4.36. The van der Waals surface area contributed by atoms with Crippen molar-refractivity contribution in [3.63, 3.8) is 0 Å². The van der Waals surface area contributed by atoms with Crippen LogP contribution in [0.15, 0.2) is 30.3 Å². The predicted molar refractivity (Wildman–Crippen MR) is 71.6 cm³/mol. The highest BCUT2D eigenvalue weighted by Crippen LogP contribution is 2.15. The van der Waals surface area contributed by atoms with Crippen LogP contribution in [0.2, 0.25) is 0 Å². The van der Waals surface area contributed by atoms with Crippen molar-refractivity contribution in [1.82, 2.24) is 5.32 Å². The first kappa shape index (κ1) is 13.2. The number of nitrogens with one attached hydrogen (secondary N) is 1. The molecule has 0 saturated heterocycles. The average Bonchev–Trinajstić information content (AvgIpc) is 2.31. The van der Waals surface area contributed by atoms with Gasteiger partial charge in [-0.3, -0.25) is 0 Å². The fraction of sp³-hybridized carbons (Fsp3) is 0.600. The zero-order valence-corrected chi connectivity index (χ0v) is 10.9. The Morgan fingerprint density at radius 1 is 1.00 bits per heavy atom. The predicted octanol–water partition coefficient (Wildman–Crippen LogP) is 4.31. The Morgan fingerprint density at radius 2 is 1.56 bits per heavy atom. The molecule has 1 rings (SSSR count). The van der Waals surface area contributed by atoms with Crippen molar-refractivity contribution in [3.8, 4) is 0 Å². The third-order valence-electron chi connectivity index (χ3n) is 3.06. The minimum atomic E-state index is 0.462. The summed E-state index contributed by atoms with van der Waals surface area (Å²) < 4.78 is 0. The quantitative estimate of drug-likeness (QED) is 0.720. The minimum absolute atomic E-state index is 0.462. The number of hydrogen-bond acceptors (Lipinski definition) is 1. The van der Waals surface area contributed by atoms with E-state index in [1.54, 1.807) is 0 Å². The van der Waals surface area contributed by atoms with Gasteiger partial charge in [-0.2, -0.15) is 0 Å². The maximum Gasteiger partial charge on any atom is 0.0294 e. The molecule has 1 N–H and O–H groups in total. The molecule has 0 saturated carbocycles. The van der Waals surface area contributed by atoms with Crippen LogP contribution in [0.4, 0.5) is 0 Å². The molecule has 0 radical (unpaired) electrons. The van der Waals surface area contributed by atoms with Crippen LogP contribution in [0.25, 0.3) is 0 Å². The van der Waals surface area contributed by atoms with Gasteiger partial charge in [0.05, 0.1) is 0 Å². The summed E-state index contributed by atoms with van der Waals surface area (Å²) in [6, 6.07) is 11.8. The number of benzene rings is 1. The second-order valence-electron chi connectivity index (χ2n) is 4.57. The molecule has 0 bridgehead atoms. The smallest absolute Gasteiger partial charge is 0.0294 e. The van der Waals surface area contributed by atoms with Crippen molar-refractivity contribution >= 4 is 0 Å². The van der Waals surface area contributed by atoms with Crippen molar-refractivity contribution < 1.29 is 0 Å². The highest BCUT2D eigenvalue weighted by atomic mass is 14.9. The lowest BCUT2D eigenvalue weighted by atomic mass is 10.0. The van der Waals surface area contributed by atoms with Gasteiger partial charge in [0.25, 0.3) is 0 Å². The standard InChI is InChI=1S/C15H25N/c1-4-9-15(10-5-2)16-13(3)14-11-7-6-8-12-14/h6-8,11-13,15-16H,4-5,9-10H2,1-3H3/t13-/m0/s1. The Bertz CT molecular complexity index is 262. The normalized spacial score (nSPS) is 13.0. The molecule has 1 heteroatoms. The minimum Gasteiger partial charge on any atom is -0.307 e. The van der Waals surface area contributed by atoms with Gasteiger partial charge in [-0.15, -0.1) is 0 Å². The Hall–Kier alpha value is -0.820. The molecular weight excluding hydrogens is 194 g/mol. The molecule has 1 aromatic carbocycles. The lowest BCUT2D eigenvalue weighted by Crippen LogP contribution is -2.31. The highest BCUT2D eigenvalue weighted by Gasteiger charge is 2.11. The molecule has 0 aliphatic rings. The van der Waals surface area contributed by atoms with E-state index in [0.717, 1.165) is 0 Å². The summed E-state index contributed by atoms with van der Waals surface area (Å²) in [4.78, 5) is 0. The average molecular weight is 219 g/mol. The van der Waals surface area contributed by atoms with E-state index in [9.17, 15) is 0 Å². The summed E-state index contributed by atoms with van der Waals surface area (Å²) in [5.74, 6) is 0. The number of hydrogen-bond donors (Lipinski definition) is 1. The summed E-state index contributed by atoms with van der Waals surface area (Å²) in [6.45, 7) is 6.78. The van der Waals surface area contributed by atoms with Crippen LogP contribution in [0.1, 0.15) is 58.1 Å². The third-order valence-corrected chi connectivity index (χ3v) is 3.06. The Labute approximate surface area is 100 Å². The second kappa shape index (κ2) is 7.45. The summed E-state index contributed by atoms with van der Waals surface area (Å²) >= 11 is 0. The van der Waals surface area contributed by atoms with Crippen molar-refractivity contribution in [2.45, 2.75) is 58.5 Å². The molecule has 0 aliphatic heterocycles. The van der Waals surface area contributed by atoms with Gasteiger partial charge in [-0.05, 0) is 25.3 Å². The molecule has 90 valence electrons. The lowest BCUT2D eigenvalue weighted by molar-refractivity contribution is 0.402. The molecule has 0 unspecified atom stereocenters. The molecular formula is C15H25N. The van der Waals surface area contributed by atoms with E-state index in [2.05, 4.69) is 56.4 Å². The monoisotopic (exact) mass is 219 g/mol. The van der Waals surface area contributed by atoms with Crippen molar-refractivity contribution in [1.29, 1.82) is 0 Å². The molecule has 1 aromatic rings. The maximum atomic E-state index is 3.74. The summed E-state index contributed by atoms with van der Waals surface area (Å²) in [7, 11) is 0. The van der Waals surface area contributed by atoms with Crippen LogP contribution < -0.4 is 5.32 Å². The molecule has 0 aromatic heterocycles. The van der Waals surface area contributed by atoms with Crippen LogP contribution >= 0.6 is 0 Å². The van der Waals surface area contributed by atoms with Gasteiger partial charge < -0.3 is 5.32 Å². The lowest BCUT2D eigenvalue weighted by Gasteiger charge is -2.23. The van der Waals surface area contributed by atoms with Crippen LogP contribution in [0, 0.1) is 0 Å². The van der Waals surface area contributed by atoms with Gasteiger partial charge in [0.2, 0.25) is 0 Å². The van der Waals surface area contributed by atoms with Gasteiger partial charge in [0.1, 0.15) is 0 Å². The highest BCUT2D eigenvalue weighted by molar-refractivity contribution is 5.18. The molecule has 16 heavy (non-hydrogen) atoms. The Kier molecular flexibility index (Phi) is 6.17. The van der Waals surface area contributed by atoms with Gasteiger partial charge in [0, 0.05) is 12.1 Å². The molecule has 0 amide bonds. The maximum absolute atomic E-state index is 3.74. The van der Waals surface area contributed by atoms with E-state index in [0.29, 0.717) is 12.1 Å². The van der Waals surface area contributed by atoms with E-state index >= 15 is 0 Å². The van der Waals surface area contributed by atoms with E-state index in [1.165, 1.54) is 31.2 Å². The fourth-order valence-electron chi connectivity index (χ4n) is 2.20. The van der Waals surface area contributed by atoms with E-state index in [4.69, 9.17) is 0 Å². The Balaban J connectivity index is 2.50. The molecule has 0 fully saturated rings. The van der Waals surface area contributed by atoms with Gasteiger partial charge in [-0.1, -0.05) is 57.0 Å². The van der Waals surface area contributed by atoms with E-state index in [1.807, 2.05) is 0 Å². The van der Waals surface area contributed by atoms with Crippen LogP contribution in [-0.4, -0.2) is 6.04 Å². The van der Waals surface area contributed by atoms with Crippen LogP contribution in [0.3, 0.4) is 0 Å². The van der Waals surface area contributed by atoms with Crippen LogP contribution in [0.5, 0.6) is 0 Å². The summed E-state index contributed by atoms with van der Waals surface area (Å²) in [5.41, 5.74) is 1.39. The van der Waals surface area contributed by atoms with Gasteiger partial charge in [0.15, 0.2) is 0 Å². The van der Waals surface area contributed by atoms with Crippen molar-refractivity contribution in [2.75, 3.05) is 0 Å². The zero-order chi connectivity index (χ0) is 11.8. The van der Waals surface area contributed by atoms with E-state index < -0.39 is 0 Å². The SMILES string of the molecule is CCCC(CCC)N[C@@H](C)c1ccccc1. The second-order valence-corrected chi connectivity index (χ2v) is 4.57. The first-order valence-electron chi connectivity index (χ1n) is 6.58. The van der Waals surface area contributed by atoms with Gasteiger partial charge in [-0.25, -0.2) is 0 Å². The van der Waals surface area contributed by atoms with E-state index in [-0.39, 0.29) is 0 Å². The van der Waals surface area contributed by atoms with Crippen molar-refractivity contribution in [2.24, 2.45) is 0 Å². The molecule has 1 nitrogen and oxygen atoms in total. The molecule has 1 atom stereocenters. The molecule has 0 heterocycles. The largest absolute Gasteiger partial charge is 0.307 e. The number of rotatable bonds is 7. The van der Waals surface area contributed by atoms with Gasteiger partial charge >= 0.3 is 0 Å². The van der Waals surface area contributed by atoms with Crippen molar-refractivity contribution in [3.05, 3.63) is 35.9 Å². The fourth-order valence-corrected chi connectivity index (χ4v) is 2.20. The zero-order valence-electron chi connectivity index (χ0n) is 10.9. The summed E-state index contributed by atoms with van der Waals surface area (Å²) in [5, 5.41) is 3.74. The molecule has 0 aliphatic carbocycles. The Morgan fingerprint density at radius 3 is 2.06 bits per heavy atom. The molecule has 0 spiro atoms. The summed E-state index contributed by atoms with van der Waals surface area (Å²) in [6.07, 6.45) is 5.09.